The maximum absolute atomic E-state index is 8.22. The molecule has 1 rings (SSSR count). The minimum absolute atomic E-state index is 0.0879. The van der Waals surface area contributed by atoms with Crippen LogP contribution < -0.4 is 5.73 Å². The summed E-state index contributed by atoms with van der Waals surface area (Å²) in [5.41, 5.74) is 5.43. The van der Waals surface area contributed by atoms with Crippen LogP contribution in [0.3, 0.4) is 0 Å². The van der Waals surface area contributed by atoms with Crippen molar-refractivity contribution in [3.8, 4) is 6.19 Å². The predicted octanol–water partition coefficient (Wildman–Crippen LogP) is 0.170. The number of hydrogen-bond acceptors (Lipinski definition) is 3. The van der Waals surface area contributed by atoms with E-state index in [0.717, 1.165) is 0 Å². The molecule has 0 aliphatic carbocycles. The van der Waals surface area contributed by atoms with E-state index < -0.39 is 0 Å². The lowest BCUT2D eigenvalue weighted by molar-refractivity contribution is 1.08. The van der Waals surface area contributed by atoms with Crippen molar-refractivity contribution in [1.29, 1.82) is 5.26 Å². The van der Waals surface area contributed by atoms with E-state index in [0.29, 0.717) is 5.82 Å². The van der Waals surface area contributed by atoms with Crippen molar-refractivity contribution in [3.05, 3.63) is 24.8 Å². The van der Waals surface area contributed by atoms with E-state index in [4.69, 9.17) is 11.0 Å². The Morgan fingerprint density at radius 1 is 1.92 bits per heavy atom. The summed E-state index contributed by atoms with van der Waals surface area (Å²) in [6, 6.07) is 0. The van der Waals surface area contributed by atoms with Gasteiger partial charge in [0.05, 0.1) is 0 Å². The summed E-state index contributed by atoms with van der Waals surface area (Å²) in [6.45, 7) is 3.53. The van der Waals surface area contributed by atoms with E-state index >= 15 is 0 Å². The highest BCUT2D eigenvalue weighted by atomic mass is 15.2. The van der Waals surface area contributed by atoms with Crippen molar-refractivity contribution >= 4 is 12.0 Å². The molecule has 0 aromatic carbocycles. The minimum atomic E-state index is 0.0879. The molecule has 0 aliphatic rings. The fraction of sp³-hybridized carbons (Fsp3) is 0. The van der Waals surface area contributed by atoms with Gasteiger partial charge in [-0.25, -0.2) is 4.98 Å². The number of hydrogen-bond donors (Lipinski definition) is 1. The second kappa shape index (κ2) is 3.34. The Labute approximate surface area is 69.5 Å². The van der Waals surface area contributed by atoms with Crippen molar-refractivity contribution in [2.75, 3.05) is 0 Å². The highest BCUT2D eigenvalue weighted by Crippen LogP contribution is 1.96. The van der Waals surface area contributed by atoms with E-state index in [2.05, 4.69) is 16.6 Å². The Hall–Kier alpha value is -2.09. The Morgan fingerprint density at radius 3 is 3.25 bits per heavy atom. The van der Waals surface area contributed by atoms with Crippen molar-refractivity contribution in [3.63, 3.8) is 0 Å². The number of aliphatic imine (C=N–C) groups is 1. The lowest BCUT2D eigenvalue weighted by Crippen LogP contribution is -2.22. The van der Waals surface area contributed by atoms with Gasteiger partial charge in [-0.3, -0.25) is 4.57 Å². The lowest BCUT2D eigenvalue weighted by Gasteiger charge is -1.99. The third-order valence-electron chi connectivity index (χ3n) is 1.26. The second-order valence-electron chi connectivity index (χ2n) is 1.93. The average Bonchev–Trinajstić information content (AvgIpc) is 2.51. The predicted molar refractivity (Wildman–Crippen MR) is 45.0 cm³/mol. The number of rotatable bonds is 1. The third-order valence-corrected chi connectivity index (χ3v) is 1.26. The van der Waals surface area contributed by atoms with E-state index in [1.807, 2.05) is 0 Å². The quantitative estimate of drug-likeness (QED) is 0.362. The average molecular weight is 161 g/mol. The number of aromatic nitrogens is 2. The van der Waals surface area contributed by atoms with Gasteiger partial charge in [0.1, 0.15) is 5.82 Å². The largest absolute Gasteiger partial charge is 0.368 e. The van der Waals surface area contributed by atoms with Gasteiger partial charge in [0.25, 0.3) is 0 Å². The van der Waals surface area contributed by atoms with Crippen molar-refractivity contribution in [2.24, 2.45) is 10.7 Å². The van der Waals surface area contributed by atoms with Crippen LogP contribution >= 0.6 is 0 Å². The van der Waals surface area contributed by atoms with Gasteiger partial charge in [0.15, 0.2) is 0 Å². The van der Waals surface area contributed by atoms with E-state index in [-0.39, 0.29) is 5.96 Å². The summed E-state index contributed by atoms with van der Waals surface area (Å²) in [5.74, 6) is 0.649. The Morgan fingerprint density at radius 2 is 2.67 bits per heavy atom. The maximum atomic E-state index is 8.22. The normalized spacial score (nSPS) is 10.8. The van der Waals surface area contributed by atoms with E-state index in [9.17, 15) is 0 Å². The number of nitriles is 1. The smallest absolute Gasteiger partial charge is 0.217 e. The molecular weight excluding hydrogens is 154 g/mol. The molecule has 0 fully saturated rings. The van der Waals surface area contributed by atoms with Crippen LogP contribution in [0.4, 0.5) is 0 Å². The summed E-state index contributed by atoms with van der Waals surface area (Å²) in [5, 5.41) is 8.22. The summed E-state index contributed by atoms with van der Waals surface area (Å²) in [6.07, 6.45) is 6.27. The molecule has 5 nitrogen and oxygen atoms in total. The fourth-order valence-corrected chi connectivity index (χ4v) is 0.765. The molecule has 1 aromatic rings. The van der Waals surface area contributed by atoms with Gasteiger partial charge in [-0.15, -0.1) is 4.99 Å². The molecule has 0 spiro atoms. The molecule has 12 heavy (non-hydrogen) atoms. The number of nitrogens with zero attached hydrogens (tertiary/aromatic N) is 4. The maximum Gasteiger partial charge on any atom is 0.217 e. The molecule has 0 atom stereocenters. The van der Waals surface area contributed by atoms with Gasteiger partial charge in [0.2, 0.25) is 12.2 Å². The number of imidazole rings is 1. The summed E-state index contributed by atoms with van der Waals surface area (Å²) < 4.78 is 1.47. The van der Waals surface area contributed by atoms with Crippen LogP contribution in [-0.2, 0) is 0 Å². The summed E-state index contributed by atoms with van der Waals surface area (Å²) in [4.78, 5) is 7.26. The van der Waals surface area contributed by atoms with E-state index in [1.54, 1.807) is 18.6 Å². The standard InChI is InChI=1S/C7H7N5/c1-2-6-10-3-4-12(6)7(9)11-5-8/h2-4H,1H2,(H2,9,11). The Bertz CT molecular complexity index is 354. The van der Waals surface area contributed by atoms with Crippen LogP contribution in [0.5, 0.6) is 0 Å². The van der Waals surface area contributed by atoms with Gasteiger partial charge in [0, 0.05) is 12.4 Å². The molecular formula is C7H7N5. The van der Waals surface area contributed by atoms with Crippen LogP contribution in [0, 0.1) is 11.5 Å². The first-order valence-electron chi connectivity index (χ1n) is 3.18. The zero-order valence-corrected chi connectivity index (χ0v) is 6.31. The molecule has 60 valence electrons. The zero-order chi connectivity index (χ0) is 8.97. The molecule has 5 heteroatoms. The van der Waals surface area contributed by atoms with Gasteiger partial charge in [-0.1, -0.05) is 6.58 Å². The molecule has 1 heterocycles. The van der Waals surface area contributed by atoms with Crippen LogP contribution in [0.2, 0.25) is 0 Å². The number of nitrogens with two attached hydrogens (primary N) is 1. The first-order valence-corrected chi connectivity index (χ1v) is 3.18. The van der Waals surface area contributed by atoms with Gasteiger partial charge in [-0.05, 0) is 6.08 Å². The summed E-state index contributed by atoms with van der Waals surface area (Å²) in [7, 11) is 0. The first-order chi connectivity index (χ1) is 5.79. The zero-order valence-electron chi connectivity index (χ0n) is 6.31. The topological polar surface area (TPSA) is 80.0 Å². The van der Waals surface area contributed by atoms with Crippen molar-refractivity contribution in [1.82, 2.24) is 9.55 Å². The molecule has 0 radical (unpaired) electrons. The SMILES string of the molecule is C=Cc1nccn1C(N)=NC#N. The molecule has 0 bridgehead atoms. The monoisotopic (exact) mass is 161 g/mol. The first kappa shape index (κ1) is 8.01. The van der Waals surface area contributed by atoms with Crippen molar-refractivity contribution in [2.45, 2.75) is 0 Å². The molecule has 1 aromatic heterocycles. The van der Waals surface area contributed by atoms with Gasteiger partial charge < -0.3 is 5.73 Å². The molecule has 0 amide bonds. The van der Waals surface area contributed by atoms with Crippen LogP contribution in [0.1, 0.15) is 5.82 Å². The molecule has 2 N–H and O–H groups in total. The van der Waals surface area contributed by atoms with Gasteiger partial charge in [-0.2, -0.15) is 5.26 Å². The van der Waals surface area contributed by atoms with E-state index in [1.165, 1.54) is 10.6 Å². The molecule has 0 unspecified atom stereocenters. The van der Waals surface area contributed by atoms with Gasteiger partial charge >= 0.3 is 0 Å². The second-order valence-corrected chi connectivity index (χ2v) is 1.93. The minimum Gasteiger partial charge on any atom is -0.368 e. The Balaban J connectivity index is 3.11. The lowest BCUT2D eigenvalue weighted by atomic mass is 10.6. The highest BCUT2D eigenvalue weighted by molar-refractivity contribution is 5.82. The van der Waals surface area contributed by atoms with Crippen LogP contribution in [0.25, 0.3) is 6.08 Å². The Kier molecular flexibility index (Phi) is 2.23. The molecule has 0 saturated carbocycles. The summed E-state index contributed by atoms with van der Waals surface area (Å²) >= 11 is 0. The fourth-order valence-electron chi connectivity index (χ4n) is 0.765. The highest BCUT2D eigenvalue weighted by Gasteiger charge is 2.00. The molecule has 0 aliphatic heterocycles. The van der Waals surface area contributed by atoms with Crippen LogP contribution in [-0.4, -0.2) is 15.5 Å². The van der Waals surface area contributed by atoms with Crippen LogP contribution in [0.15, 0.2) is 24.0 Å². The van der Waals surface area contributed by atoms with Crippen molar-refractivity contribution < 1.29 is 0 Å². The molecule has 0 saturated heterocycles. The third kappa shape index (κ3) is 1.32.